The molecule has 0 aromatic heterocycles. The molecule has 1 aliphatic rings. The molecule has 0 amide bonds. The van der Waals surface area contributed by atoms with Gasteiger partial charge in [-0.1, -0.05) is 29.4 Å². The molecule has 0 aromatic rings. The Bertz CT molecular complexity index is 176. The standard InChI is InChI=1S/C11H21BrN2/c1-10(7-13-8-11(2)12)9-14-5-3-4-6-14/h10,13H,2-9H2,1H3. The fourth-order valence-electron chi connectivity index (χ4n) is 1.92. The van der Waals surface area contributed by atoms with Crippen LogP contribution in [0.4, 0.5) is 0 Å². The van der Waals surface area contributed by atoms with Gasteiger partial charge in [0.05, 0.1) is 0 Å². The summed E-state index contributed by atoms with van der Waals surface area (Å²) in [5, 5.41) is 3.39. The Kier molecular flexibility index (Phi) is 5.75. The predicted octanol–water partition coefficient (Wildman–Crippen LogP) is 2.22. The molecule has 1 N–H and O–H groups in total. The summed E-state index contributed by atoms with van der Waals surface area (Å²) in [7, 11) is 0. The molecule has 1 unspecified atom stereocenters. The summed E-state index contributed by atoms with van der Waals surface area (Å²) in [5.41, 5.74) is 0. The van der Waals surface area contributed by atoms with Crippen LogP contribution in [-0.2, 0) is 0 Å². The monoisotopic (exact) mass is 260 g/mol. The lowest BCUT2D eigenvalue weighted by molar-refractivity contribution is 0.284. The maximum atomic E-state index is 3.80. The number of rotatable bonds is 6. The van der Waals surface area contributed by atoms with Crippen LogP contribution in [-0.4, -0.2) is 37.6 Å². The van der Waals surface area contributed by atoms with E-state index in [1.54, 1.807) is 0 Å². The molecule has 1 fully saturated rings. The zero-order valence-electron chi connectivity index (χ0n) is 9.06. The van der Waals surface area contributed by atoms with Gasteiger partial charge in [-0.05, 0) is 38.4 Å². The van der Waals surface area contributed by atoms with Crippen LogP contribution in [0.15, 0.2) is 11.1 Å². The molecule has 1 heterocycles. The van der Waals surface area contributed by atoms with Gasteiger partial charge in [-0.15, -0.1) is 0 Å². The van der Waals surface area contributed by atoms with E-state index in [-0.39, 0.29) is 0 Å². The highest BCUT2D eigenvalue weighted by Gasteiger charge is 2.13. The maximum Gasteiger partial charge on any atom is 0.0265 e. The van der Waals surface area contributed by atoms with Crippen LogP contribution in [0, 0.1) is 5.92 Å². The largest absolute Gasteiger partial charge is 0.312 e. The Hall–Kier alpha value is 0.140. The first kappa shape index (κ1) is 12.2. The van der Waals surface area contributed by atoms with E-state index in [2.05, 4.69) is 39.6 Å². The van der Waals surface area contributed by atoms with Gasteiger partial charge in [0.1, 0.15) is 0 Å². The lowest BCUT2D eigenvalue weighted by Gasteiger charge is -2.20. The third kappa shape index (κ3) is 5.13. The van der Waals surface area contributed by atoms with Crippen molar-refractivity contribution in [2.24, 2.45) is 5.92 Å². The van der Waals surface area contributed by atoms with Crippen LogP contribution >= 0.6 is 15.9 Å². The summed E-state index contributed by atoms with van der Waals surface area (Å²) < 4.78 is 1.03. The summed E-state index contributed by atoms with van der Waals surface area (Å²) in [6, 6.07) is 0. The van der Waals surface area contributed by atoms with Gasteiger partial charge in [0.25, 0.3) is 0 Å². The number of hydrogen-bond acceptors (Lipinski definition) is 2. The number of likely N-dealkylation sites (tertiary alicyclic amines) is 1. The van der Waals surface area contributed by atoms with Crippen LogP contribution in [0.3, 0.4) is 0 Å². The average Bonchev–Trinajstić information content (AvgIpc) is 2.56. The van der Waals surface area contributed by atoms with Crippen molar-refractivity contribution in [2.45, 2.75) is 19.8 Å². The van der Waals surface area contributed by atoms with Crippen LogP contribution in [0.2, 0.25) is 0 Å². The normalized spacial score (nSPS) is 19.9. The first-order valence-electron chi connectivity index (χ1n) is 5.45. The molecule has 2 nitrogen and oxygen atoms in total. The lowest BCUT2D eigenvalue weighted by atomic mass is 10.1. The number of nitrogens with one attached hydrogen (secondary N) is 1. The van der Waals surface area contributed by atoms with Crippen molar-refractivity contribution in [2.75, 3.05) is 32.7 Å². The van der Waals surface area contributed by atoms with Gasteiger partial charge in [0.2, 0.25) is 0 Å². The zero-order chi connectivity index (χ0) is 10.4. The molecule has 1 saturated heterocycles. The van der Waals surface area contributed by atoms with Gasteiger partial charge < -0.3 is 10.2 Å². The minimum Gasteiger partial charge on any atom is -0.312 e. The summed E-state index contributed by atoms with van der Waals surface area (Å²) >= 11 is 3.35. The van der Waals surface area contributed by atoms with Gasteiger partial charge in [-0.2, -0.15) is 0 Å². The highest BCUT2D eigenvalue weighted by molar-refractivity contribution is 9.11. The number of hydrogen-bond donors (Lipinski definition) is 1. The summed E-state index contributed by atoms with van der Waals surface area (Å²) in [5.74, 6) is 0.736. The van der Waals surface area contributed by atoms with E-state index in [1.165, 1.54) is 32.5 Å². The molecule has 0 spiro atoms. The summed E-state index contributed by atoms with van der Waals surface area (Å²) in [6.07, 6.45) is 2.77. The molecule has 0 aromatic carbocycles. The van der Waals surface area contributed by atoms with Gasteiger partial charge in [0, 0.05) is 17.6 Å². The second-order valence-corrected chi connectivity index (χ2v) is 5.38. The van der Waals surface area contributed by atoms with E-state index in [0.717, 1.165) is 23.5 Å². The minimum atomic E-state index is 0.736. The quantitative estimate of drug-likeness (QED) is 0.788. The molecular formula is C11H21BrN2. The van der Waals surface area contributed by atoms with E-state index in [1.807, 2.05) is 0 Å². The van der Waals surface area contributed by atoms with Crippen molar-refractivity contribution in [1.29, 1.82) is 0 Å². The van der Waals surface area contributed by atoms with E-state index in [4.69, 9.17) is 0 Å². The van der Waals surface area contributed by atoms with Crippen molar-refractivity contribution in [1.82, 2.24) is 10.2 Å². The lowest BCUT2D eigenvalue weighted by Crippen LogP contribution is -2.32. The molecule has 0 radical (unpaired) electrons. The molecule has 0 bridgehead atoms. The Morgan fingerprint density at radius 1 is 1.50 bits per heavy atom. The minimum absolute atomic E-state index is 0.736. The zero-order valence-corrected chi connectivity index (χ0v) is 10.6. The van der Waals surface area contributed by atoms with E-state index in [9.17, 15) is 0 Å². The summed E-state index contributed by atoms with van der Waals surface area (Å²) in [4.78, 5) is 2.56. The molecule has 82 valence electrons. The van der Waals surface area contributed by atoms with Gasteiger partial charge in [-0.25, -0.2) is 0 Å². The molecular weight excluding hydrogens is 240 g/mol. The molecule has 14 heavy (non-hydrogen) atoms. The highest BCUT2D eigenvalue weighted by atomic mass is 79.9. The van der Waals surface area contributed by atoms with Crippen molar-refractivity contribution in [3.05, 3.63) is 11.1 Å². The van der Waals surface area contributed by atoms with Crippen LogP contribution < -0.4 is 5.32 Å². The Balaban J connectivity index is 2.03. The third-order valence-electron chi connectivity index (χ3n) is 2.58. The summed E-state index contributed by atoms with van der Waals surface area (Å²) in [6.45, 7) is 11.9. The van der Waals surface area contributed by atoms with Gasteiger partial charge in [-0.3, -0.25) is 0 Å². The van der Waals surface area contributed by atoms with E-state index >= 15 is 0 Å². The smallest absolute Gasteiger partial charge is 0.0265 e. The van der Waals surface area contributed by atoms with Gasteiger partial charge in [0.15, 0.2) is 0 Å². The third-order valence-corrected chi connectivity index (χ3v) is 2.86. The second kappa shape index (κ2) is 6.59. The number of nitrogens with zero attached hydrogens (tertiary/aromatic N) is 1. The molecule has 1 atom stereocenters. The fourth-order valence-corrected chi connectivity index (χ4v) is 2.12. The van der Waals surface area contributed by atoms with E-state index < -0.39 is 0 Å². The fraction of sp³-hybridized carbons (Fsp3) is 0.818. The molecule has 0 saturated carbocycles. The average molecular weight is 261 g/mol. The van der Waals surface area contributed by atoms with E-state index in [0.29, 0.717) is 0 Å². The predicted molar refractivity (Wildman–Crippen MR) is 65.8 cm³/mol. The van der Waals surface area contributed by atoms with Crippen molar-refractivity contribution in [3.8, 4) is 0 Å². The van der Waals surface area contributed by atoms with Crippen molar-refractivity contribution >= 4 is 15.9 Å². The maximum absolute atomic E-state index is 3.80. The molecule has 0 aliphatic carbocycles. The Labute approximate surface area is 95.9 Å². The first-order chi connectivity index (χ1) is 6.68. The van der Waals surface area contributed by atoms with Crippen LogP contribution in [0.1, 0.15) is 19.8 Å². The first-order valence-corrected chi connectivity index (χ1v) is 6.24. The Morgan fingerprint density at radius 2 is 2.14 bits per heavy atom. The topological polar surface area (TPSA) is 15.3 Å². The Morgan fingerprint density at radius 3 is 2.71 bits per heavy atom. The van der Waals surface area contributed by atoms with Crippen LogP contribution in [0.5, 0.6) is 0 Å². The molecule has 1 aliphatic heterocycles. The second-order valence-electron chi connectivity index (χ2n) is 4.26. The molecule has 1 rings (SSSR count). The SMILES string of the molecule is C=C(Br)CNCC(C)CN1CCCC1. The van der Waals surface area contributed by atoms with Crippen molar-refractivity contribution < 1.29 is 0 Å². The van der Waals surface area contributed by atoms with Gasteiger partial charge >= 0.3 is 0 Å². The number of halogens is 1. The molecule has 3 heteroatoms. The highest BCUT2D eigenvalue weighted by Crippen LogP contribution is 2.09. The van der Waals surface area contributed by atoms with Crippen LogP contribution in [0.25, 0.3) is 0 Å². The van der Waals surface area contributed by atoms with Crippen molar-refractivity contribution in [3.63, 3.8) is 0 Å².